The monoisotopic (exact) mass is 482 g/mol. The van der Waals surface area contributed by atoms with E-state index in [4.69, 9.17) is 16.6 Å². The minimum atomic E-state index is -0.480. The molecule has 0 unspecified atom stereocenters. The molecule has 0 aliphatic carbocycles. The van der Waals surface area contributed by atoms with Gasteiger partial charge in [-0.15, -0.1) is 12.4 Å². The highest BCUT2D eigenvalue weighted by Gasteiger charge is 2.23. The normalized spacial score (nSPS) is 10.9. The largest absolute Gasteiger partial charge is 0.302 e. The number of halogens is 2. The molecule has 0 spiro atoms. The van der Waals surface area contributed by atoms with E-state index in [0.29, 0.717) is 28.8 Å². The third kappa shape index (κ3) is 5.71. The van der Waals surface area contributed by atoms with Gasteiger partial charge in [0, 0.05) is 35.8 Å². The van der Waals surface area contributed by atoms with Crippen molar-refractivity contribution in [2.45, 2.75) is 20.8 Å². The quantitative estimate of drug-likeness (QED) is 0.309. The maximum absolute atomic E-state index is 13.3. The number of aromatic nitrogens is 1. The van der Waals surface area contributed by atoms with Crippen molar-refractivity contribution in [3.05, 3.63) is 62.7 Å². The second-order valence-corrected chi connectivity index (χ2v) is 8.30. The first-order valence-electron chi connectivity index (χ1n) is 9.69. The van der Waals surface area contributed by atoms with Gasteiger partial charge in [0.15, 0.2) is 5.13 Å². The van der Waals surface area contributed by atoms with E-state index in [1.54, 1.807) is 4.90 Å². The van der Waals surface area contributed by atoms with Crippen molar-refractivity contribution < 1.29 is 9.72 Å². The molecule has 1 amide bonds. The molecule has 2 aromatic carbocycles. The third-order valence-corrected chi connectivity index (χ3v) is 6.22. The van der Waals surface area contributed by atoms with Crippen LogP contribution in [0.1, 0.15) is 29.8 Å². The van der Waals surface area contributed by atoms with Crippen LogP contribution in [-0.4, -0.2) is 46.9 Å². The lowest BCUT2D eigenvalue weighted by Crippen LogP contribution is -2.38. The number of nitrogens with zero attached hydrogens (tertiary/aromatic N) is 4. The zero-order valence-corrected chi connectivity index (χ0v) is 19.9. The van der Waals surface area contributed by atoms with Crippen molar-refractivity contribution in [1.29, 1.82) is 0 Å². The summed E-state index contributed by atoms with van der Waals surface area (Å²) < 4.78 is 0.916. The van der Waals surface area contributed by atoms with Crippen LogP contribution in [0, 0.1) is 17.0 Å². The van der Waals surface area contributed by atoms with Crippen molar-refractivity contribution in [1.82, 2.24) is 9.88 Å². The highest BCUT2D eigenvalue weighted by atomic mass is 35.5. The summed E-state index contributed by atoms with van der Waals surface area (Å²) in [6.45, 7) is 9.01. The Kier molecular flexibility index (Phi) is 8.76. The van der Waals surface area contributed by atoms with Crippen molar-refractivity contribution in [3.8, 4) is 0 Å². The van der Waals surface area contributed by atoms with Crippen LogP contribution >= 0.6 is 35.3 Å². The number of carbonyl (C=O) groups is 1. The Balaban J connectivity index is 0.00000341. The molecule has 1 aromatic heterocycles. The van der Waals surface area contributed by atoms with E-state index < -0.39 is 4.92 Å². The first kappa shape index (κ1) is 25.0. The summed E-state index contributed by atoms with van der Waals surface area (Å²) in [4.78, 5) is 32.4. The number of benzene rings is 2. The van der Waals surface area contributed by atoms with Crippen LogP contribution in [0.3, 0.4) is 0 Å². The first-order chi connectivity index (χ1) is 14.3. The van der Waals surface area contributed by atoms with E-state index >= 15 is 0 Å². The zero-order chi connectivity index (χ0) is 21.8. The average Bonchev–Trinajstić information content (AvgIpc) is 3.15. The molecule has 7 nitrogen and oxygen atoms in total. The maximum Gasteiger partial charge on any atom is 0.269 e. The Morgan fingerprint density at radius 1 is 1.16 bits per heavy atom. The number of thiazole rings is 1. The molecular formula is C21H24Cl2N4O3S. The van der Waals surface area contributed by atoms with Crippen molar-refractivity contribution >= 4 is 62.3 Å². The number of hydrogen-bond acceptors (Lipinski definition) is 6. The molecule has 3 rings (SSSR count). The molecule has 0 aliphatic rings. The Labute approximate surface area is 196 Å². The predicted octanol–water partition coefficient (Wildman–Crippen LogP) is 5.58. The van der Waals surface area contributed by atoms with Gasteiger partial charge in [-0.05, 0) is 49.8 Å². The summed E-state index contributed by atoms with van der Waals surface area (Å²) in [6, 6.07) is 9.37. The van der Waals surface area contributed by atoms with Gasteiger partial charge in [-0.25, -0.2) is 4.98 Å². The highest BCUT2D eigenvalue weighted by molar-refractivity contribution is 7.22. The number of likely N-dealkylation sites (N-methyl/N-ethyl adjacent to an activating group) is 1. The predicted molar refractivity (Wildman–Crippen MR) is 129 cm³/mol. The van der Waals surface area contributed by atoms with Gasteiger partial charge in [0.2, 0.25) is 0 Å². The van der Waals surface area contributed by atoms with Crippen LogP contribution in [0.5, 0.6) is 0 Å². The van der Waals surface area contributed by atoms with Crippen LogP contribution in [-0.2, 0) is 0 Å². The Hall–Kier alpha value is -2.26. The molecule has 0 N–H and O–H groups in total. The summed E-state index contributed by atoms with van der Waals surface area (Å²) >= 11 is 7.60. The second kappa shape index (κ2) is 10.9. The van der Waals surface area contributed by atoms with Crippen LogP contribution in [0.2, 0.25) is 5.02 Å². The number of fused-ring (bicyclic) bond motifs is 1. The van der Waals surface area contributed by atoms with Crippen LogP contribution in [0.15, 0.2) is 36.4 Å². The fourth-order valence-electron chi connectivity index (χ4n) is 3.20. The number of hydrogen-bond donors (Lipinski definition) is 0. The van der Waals surface area contributed by atoms with Gasteiger partial charge in [0.1, 0.15) is 0 Å². The minimum absolute atomic E-state index is 0. The van der Waals surface area contributed by atoms with Crippen LogP contribution in [0.25, 0.3) is 10.2 Å². The number of nitro benzene ring substituents is 1. The molecule has 0 aliphatic heterocycles. The maximum atomic E-state index is 13.3. The van der Waals surface area contributed by atoms with Crippen LogP contribution < -0.4 is 4.90 Å². The van der Waals surface area contributed by atoms with Gasteiger partial charge in [-0.1, -0.05) is 36.8 Å². The molecule has 3 aromatic rings. The molecule has 0 radical (unpaired) electrons. The van der Waals surface area contributed by atoms with E-state index in [2.05, 4.69) is 18.7 Å². The summed E-state index contributed by atoms with van der Waals surface area (Å²) in [5, 5.41) is 12.1. The Morgan fingerprint density at radius 3 is 2.39 bits per heavy atom. The Bertz CT molecular complexity index is 1070. The van der Waals surface area contributed by atoms with Gasteiger partial charge >= 0.3 is 0 Å². The lowest BCUT2D eigenvalue weighted by atomic mass is 10.2. The molecule has 166 valence electrons. The van der Waals surface area contributed by atoms with Gasteiger partial charge in [0.25, 0.3) is 11.6 Å². The van der Waals surface area contributed by atoms with E-state index in [0.717, 1.165) is 28.9 Å². The van der Waals surface area contributed by atoms with Crippen molar-refractivity contribution in [2.75, 3.05) is 31.1 Å². The number of carbonyl (C=O) groups excluding carboxylic acids is 1. The summed E-state index contributed by atoms with van der Waals surface area (Å²) in [5.74, 6) is -0.236. The van der Waals surface area contributed by atoms with Gasteiger partial charge in [-0.3, -0.25) is 19.8 Å². The second-order valence-electron chi connectivity index (χ2n) is 6.85. The molecule has 10 heteroatoms. The van der Waals surface area contributed by atoms with E-state index in [1.807, 2.05) is 19.1 Å². The fourth-order valence-corrected chi connectivity index (χ4v) is 4.65. The molecule has 0 saturated carbocycles. The smallest absolute Gasteiger partial charge is 0.269 e. The molecule has 0 bridgehead atoms. The summed E-state index contributed by atoms with van der Waals surface area (Å²) in [7, 11) is 0. The number of amides is 1. The number of anilines is 1. The number of non-ortho nitro benzene ring substituents is 1. The van der Waals surface area contributed by atoms with E-state index in [-0.39, 0.29) is 24.0 Å². The van der Waals surface area contributed by atoms with Crippen LogP contribution in [0.4, 0.5) is 10.8 Å². The highest BCUT2D eigenvalue weighted by Crippen LogP contribution is 2.33. The molecule has 31 heavy (non-hydrogen) atoms. The summed E-state index contributed by atoms with van der Waals surface area (Å²) in [6.07, 6.45) is 0. The Morgan fingerprint density at radius 2 is 1.81 bits per heavy atom. The molecule has 0 fully saturated rings. The zero-order valence-electron chi connectivity index (χ0n) is 17.5. The molecule has 0 atom stereocenters. The van der Waals surface area contributed by atoms with Crippen molar-refractivity contribution in [3.63, 3.8) is 0 Å². The number of aryl methyl sites for hydroxylation is 1. The topological polar surface area (TPSA) is 79.6 Å². The van der Waals surface area contributed by atoms with Gasteiger partial charge in [-0.2, -0.15) is 0 Å². The third-order valence-electron chi connectivity index (χ3n) is 4.97. The fraction of sp³-hybridized carbons (Fsp3) is 0.333. The van der Waals surface area contributed by atoms with Gasteiger partial charge < -0.3 is 4.90 Å². The van der Waals surface area contributed by atoms with Crippen molar-refractivity contribution in [2.24, 2.45) is 0 Å². The number of rotatable bonds is 8. The number of nitro groups is 1. The molecular weight excluding hydrogens is 459 g/mol. The standard InChI is InChI=1S/C21H23ClN4O3S.ClH/c1-4-24(5-2)10-11-25(20(27)15-6-8-17(9-7-15)26(28)29)21-23-19-14(3)12-16(22)13-18(19)30-21;/h6-9,12-13H,4-5,10-11H2,1-3H3;1H. The van der Waals surface area contributed by atoms with Gasteiger partial charge in [0.05, 0.1) is 15.1 Å². The SMILES string of the molecule is CCN(CC)CCN(C(=O)c1ccc([N+](=O)[O-])cc1)c1nc2c(C)cc(Cl)cc2s1.Cl. The van der Waals surface area contributed by atoms with E-state index in [9.17, 15) is 14.9 Å². The average molecular weight is 483 g/mol. The minimum Gasteiger partial charge on any atom is -0.302 e. The lowest BCUT2D eigenvalue weighted by molar-refractivity contribution is -0.384. The molecule has 0 saturated heterocycles. The van der Waals surface area contributed by atoms with E-state index in [1.165, 1.54) is 35.6 Å². The molecule has 1 heterocycles. The summed E-state index contributed by atoms with van der Waals surface area (Å²) in [5.41, 5.74) is 2.11. The lowest BCUT2D eigenvalue weighted by Gasteiger charge is -2.24. The first-order valence-corrected chi connectivity index (χ1v) is 10.9.